The van der Waals surface area contributed by atoms with Gasteiger partial charge in [0, 0.05) is 11.6 Å². The van der Waals surface area contributed by atoms with Crippen LogP contribution in [0.15, 0.2) is 36.2 Å². The smallest absolute Gasteiger partial charge is 0.309 e. The fourth-order valence-electron chi connectivity index (χ4n) is 9.12. The summed E-state index contributed by atoms with van der Waals surface area (Å²) in [6.07, 6.45) is 10.9. The lowest BCUT2D eigenvalue weighted by atomic mass is 9.45. The van der Waals surface area contributed by atoms with Crippen LogP contribution in [0.1, 0.15) is 70.1 Å². The van der Waals surface area contributed by atoms with E-state index in [-0.39, 0.29) is 35.1 Å². The van der Waals surface area contributed by atoms with Gasteiger partial charge in [0.25, 0.3) is 0 Å². The fraction of sp³-hybridized carbons (Fsp3) is 0.613. The molecule has 0 unspecified atom stereocenters. The summed E-state index contributed by atoms with van der Waals surface area (Å²) in [7, 11) is 0. The average Bonchev–Trinajstić information content (AvgIpc) is 3.65. The van der Waals surface area contributed by atoms with E-state index >= 15 is 0 Å². The number of aromatic nitrogens is 3. The minimum Gasteiger partial charge on any atom is -0.449 e. The molecule has 4 fully saturated rings. The highest BCUT2D eigenvalue weighted by Gasteiger charge is 2.71. The van der Waals surface area contributed by atoms with Gasteiger partial charge >= 0.3 is 5.97 Å². The van der Waals surface area contributed by atoms with Gasteiger partial charge in [0.15, 0.2) is 11.4 Å². The van der Waals surface area contributed by atoms with Crippen molar-refractivity contribution in [2.45, 2.75) is 76.9 Å². The number of carbonyl (C=O) groups excluding carboxylic acids is 2. The Morgan fingerprint density at radius 1 is 1.23 bits per heavy atom. The molecule has 40 heavy (non-hydrogen) atoms. The number of esters is 1. The molecule has 0 aliphatic heterocycles. The average molecular weight is 566 g/mol. The van der Waals surface area contributed by atoms with E-state index in [1.807, 2.05) is 36.0 Å². The minimum atomic E-state index is -1.39. The molecule has 212 valence electrons. The van der Waals surface area contributed by atoms with E-state index in [9.17, 15) is 19.1 Å². The molecule has 5 aliphatic rings. The number of allylic oxidation sites excluding steroid dienone is 1. The van der Waals surface area contributed by atoms with E-state index in [2.05, 4.69) is 23.1 Å². The van der Waals surface area contributed by atoms with Crippen molar-refractivity contribution < 1.29 is 23.8 Å². The molecule has 0 saturated heterocycles. The molecule has 2 aromatic heterocycles. The summed E-state index contributed by atoms with van der Waals surface area (Å²) < 4.78 is 21.5. The maximum Gasteiger partial charge on any atom is 0.309 e. The molecule has 0 spiro atoms. The Morgan fingerprint density at radius 3 is 2.77 bits per heavy atom. The Hall–Kier alpha value is -2.52. The van der Waals surface area contributed by atoms with Gasteiger partial charge in [-0.05, 0) is 110 Å². The number of thioether (sulfide) groups is 1. The second-order valence-corrected chi connectivity index (χ2v) is 13.9. The van der Waals surface area contributed by atoms with Crippen molar-refractivity contribution in [3.05, 3.63) is 47.4 Å². The van der Waals surface area contributed by atoms with Crippen LogP contribution in [0.4, 0.5) is 4.39 Å². The number of aliphatic hydroxyl groups is 1. The SMILES string of the molecule is C[C@]12Cc3cnn(-c4ccccn4)c3C=C1CC[C@@H]1[C@@H]2[C@@H](O)C[C@@]2(C)[C@H]1CC[C@]2(OC(=O)C1CC1)C(=O)SCF. The van der Waals surface area contributed by atoms with Gasteiger partial charge < -0.3 is 9.84 Å². The molecule has 1 N–H and O–H groups in total. The van der Waals surface area contributed by atoms with Gasteiger partial charge in [-0.1, -0.05) is 25.5 Å². The number of carbonyl (C=O) groups is 2. The number of nitrogens with zero attached hydrogens (tertiary/aromatic N) is 3. The summed E-state index contributed by atoms with van der Waals surface area (Å²) in [6, 6.07) is 4.95. The third-order valence-electron chi connectivity index (χ3n) is 11.1. The lowest BCUT2D eigenvalue weighted by Gasteiger charge is -2.60. The minimum absolute atomic E-state index is 0.00999. The lowest BCUT2D eigenvalue weighted by Crippen LogP contribution is -2.62. The van der Waals surface area contributed by atoms with Gasteiger partial charge in [0.1, 0.15) is 6.01 Å². The van der Waals surface area contributed by atoms with Crippen molar-refractivity contribution >= 4 is 28.9 Å². The summed E-state index contributed by atoms with van der Waals surface area (Å²) in [5.41, 5.74) is 1.16. The molecule has 4 saturated carbocycles. The summed E-state index contributed by atoms with van der Waals surface area (Å²) in [4.78, 5) is 31.0. The molecule has 2 aromatic rings. The van der Waals surface area contributed by atoms with Gasteiger partial charge in [-0.3, -0.25) is 9.59 Å². The van der Waals surface area contributed by atoms with Crippen LogP contribution in [0.2, 0.25) is 0 Å². The maximum atomic E-state index is 13.6. The van der Waals surface area contributed by atoms with Crippen LogP contribution in [-0.2, 0) is 20.7 Å². The third-order valence-corrected chi connectivity index (χ3v) is 11.8. The zero-order valence-corrected chi connectivity index (χ0v) is 23.8. The quantitative estimate of drug-likeness (QED) is 0.492. The van der Waals surface area contributed by atoms with Crippen molar-refractivity contribution in [1.82, 2.24) is 14.8 Å². The largest absolute Gasteiger partial charge is 0.449 e. The lowest BCUT2D eigenvalue weighted by molar-refractivity contribution is -0.197. The molecule has 9 heteroatoms. The Balaban J connectivity index is 1.23. The van der Waals surface area contributed by atoms with Crippen molar-refractivity contribution in [3.8, 4) is 5.82 Å². The van der Waals surface area contributed by atoms with E-state index in [0.717, 1.165) is 55.6 Å². The van der Waals surface area contributed by atoms with Gasteiger partial charge in [-0.2, -0.15) is 5.10 Å². The molecule has 7 atom stereocenters. The first-order valence-corrected chi connectivity index (χ1v) is 15.5. The van der Waals surface area contributed by atoms with E-state index < -0.39 is 28.2 Å². The third kappa shape index (κ3) is 3.65. The Morgan fingerprint density at radius 2 is 2.05 bits per heavy atom. The highest BCUT2D eigenvalue weighted by molar-refractivity contribution is 8.13. The summed E-state index contributed by atoms with van der Waals surface area (Å²) in [5.74, 6) is 0.576. The van der Waals surface area contributed by atoms with Crippen molar-refractivity contribution in [2.24, 2.45) is 34.5 Å². The Kier molecular flexibility index (Phi) is 6.10. The molecule has 5 aliphatic carbocycles. The maximum absolute atomic E-state index is 13.6. The standard InChI is InChI=1S/C31H36FN3O4S/c1-29-14-19-16-34-35(25-5-3-4-12-33-25)23(19)13-20(29)8-9-21-22-10-11-31(28(38)40-17-32,39-27(37)18-6-7-18)30(22,2)15-24(36)26(21)29/h3-5,12-13,16,18,21-22,24,26,36H,6-11,14-15,17H2,1-2H3/t21-,22-,24-,26+,29-,30-,31-/m0/s1. The first-order valence-electron chi connectivity index (χ1n) is 14.6. The van der Waals surface area contributed by atoms with Gasteiger partial charge in [-0.25, -0.2) is 14.1 Å². The summed E-state index contributed by atoms with van der Waals surface area (Å²) in [6.45, 7) is 4.30. The predicted octanol–water partition coefficient (Wildman–Crippen LogP) is 5.30. The predicted molar refractivity (Wildman–Crippen MR) is 149 cm³/mol. The van der Waals surface area contributed by atoms with Crippen molar-refractivity contribution in [2.75, 3.05) is 6.01 Å². The fourth-order valence-corrected chi connectivity index (χ4v) is 9.83. The normalized spacial score (nSPS) is 38.0. The molecule has 0 radical (unpaired) electrons. The van der Waals surface area contributed by atoms with Crippen LogP contribution in [0, 0.1) is 34.5 Å². The number of hydrogen-bond donors (Lipinski definition) is 1. The van der Waals surface area contributed by atoms with Crippen molar-refractivity contribution in [3.63, 3.8) is 0 Å². The number of halogens is 1. The molecule has 7 rings (SSSR count). The van der Waals surface area contributed by atoms with Crippen LogP contribution < -0.4 is 0 Å². The van der Waals surface area contributed by atoms with Gasteiger partial charge in [0.05, 0.1) is 23.9 Å². The van der Waals surface area contributed by atoms with E-state index in [4.69, 9.17) is 4.74 Å². The van der Waals surface area contributed by atoms with E-state index in [0.29, 0.717) is 24.6 Å². The highest BCUT2D eigenvalue weighted by atomic mass is 32.2. The van der Waals surface area contributed by atoms with E-state index in [1.165, 1.54) is 5.57 Å². The number of aliphatic hydroxyl groups excluding tert-OH is 1. The molecule has 2 heterocycles. The number of hydrogen-bond acceptors (Lipinski definition) is 7. The monoisotopic (exact) mass is 565 g/mol. The molecular weight excluding hydrogens is 529 g/mol. The topological polar surface area (TPSA) is 94.3 Å². The summed E-state index contributed by atoms with van der Waals surface area (Å²) in [5, 5.41) is 16.2. The molecular formula is C31H36FN3O4S. The van der Waals surface area contributed by atoms with Crippen LogP contribution in [0.3, 0.4) is 0 Å². The summed E-state index contributed by atoms with van der Waals surface area (Å²) >= 11 is 0.609. The van der Waals surface area contributed by atoms with Gasteiger partial charge in [0.2, 0.25) is 5.12 Å². The molecule has 0 aromatic carbocycles. The second-order valence-electron chi connectivity index (χ2n) is 13.0. The van der Waals surface area contributed by atoms with Crippen LogP contribution in [-0.4, -0.2) is 48.7 Å². The van der Waals surface area contributed by atoms with Crippen molar-refractivity contribution in [1.29, 1.82) is 0 Å². The van der Waals surface area contributed by atoms with Gasteiger partial charge in [-0.15, -0.1) is 0 Å². The number of rotatable bonds is 5. The van der Waals surface area contributed by atoms with Crippen LogP contribution in [0.25, 0.3) is 11.9 Å². The Bertz CT molecular complexity index is 1390. The number of fused-ring (bicyclic) bond motifs is 6. The zero-order valence-electron chi connectivity index (χ0n) is 23.0. The molecule has 0 bridgehead atoms. The number of pyridine rings is 1. The van der Waals surface area contributed by atoms with E-state index in [1.54, 1.807) is 6.20 Å². The Labute approximate surface area is 238 Å². The first-order chi connectivity index (χ1) is 19.2. The highest BCUT2D eigenvalue weighted by Crippen LogP contribution is 2.69. The zero-order chi connectivity index (χ0) is 27.9. The van der Waals surface area contributed by atoms with Crippen LogP contribution in [0.5, 0.6) is 0 Å². The second kappa shape index (κ2) is 9.24. The first kappa shape index (κ1) is 26.4. The molecule has 7 nitrogen and oxygen atoms in total. The number of alkyl halides is 1. The molecule has 0 amide bonds. The number of ether oxygens (including phenoxy) is 1. The van der Waals surface area contributed by atoms with Crippen LogP contribution >= 0.6 is 11.8 Å².